The van der Waals surface area contributed by atoms with E-state index < -0.39 is 6.04 Å². The number of amides is 3. The average molecular weight is 363 g/mol. The minimum Gasteiger partial charge on any atom is -0.326 e. The van der Waals surface area contributed by atoms with Crippen LogP contribution in [-0.4, -0.2) is 40.6 Å². The molecule has 0 radical (unpaired) electrons. The van der Waals surface area contributed by atoms with Crippen LogP contribution in [0.1, 0.15) is 44.1 Å². The standard InChI is InChI=1S/C19H23ClN2O3/c1-13-7-9-15(10-8-13)22-17(23)11-16(19(22)25)21(18(24)12-20)14-5-3-2-4-6-14/h7-10,14,16H,2-6,11-12H2,1H3/t16-/m0/s1. The van der Waals surface area contributed by atoms with E-state index in [0.717, 1.165) is 37.7 Å². The van der Waals surface area contributed by atoms with E-state index in [1.807, 2.05) is 19.1 Å². The molecular weight excluding hydrogens is 340 g/mol. The summed E-state index contributed by atoms with van der Waals surface area (Å²) in [6.45, 7) is 1.95. The zero-order valence-corrected chi connectivity index (χ0v) is 15.2. The molecule has 5 nitrogen and oxygen atoms in total. The van der Waals surface area contributed by atoms with E-state index in [4.69, 9.17) is 11.6 Å². The third-order valence-electron chi connectivity index (χ3n) is 5.12. The second-order valence-electron chi connectivity index (χ2n) is 6.85. The molecule has 1 heterocycles. The normalized spacial score (nSPS) is 21.7. The SMILES string of the molecule is Cc1ccc(N2C(=O)C[C@H](N(C(=O)CCl)C3CCCCC3)C2=O)cc1. The zero-order valence-electron chi connectivity index (χ0n) is 14.4. The van der Waals surface area contributed by atoms with Gasteiger partial charge in [0.15, 0.2) is 0 Å². The predicted molar refractivity (Wildman–Crippen MR) is 96.5 cm³/mol. The number of rotatable bonds is 4. The van der Waals surface area contributed by atoms with Crippen LogP contribution in [0.3, 0.4) is 0 Å². The lowest BCUT2D eigenvalue weighted by atomic mass is 9.92. The molecule has 1 aromatic carbocycles. The Balaban J connectivity index is 1.87. The summed E-state index contributed by atoms with van der Waals surface area (Å²) in [5.41, 5.74) is 1.62. The fourth-order valence-electron chi connectivity index (χ4n) is 3.86. The third-order valence-corrected chi connectivity index (χ3v) is 5.35. The molecule has 3 rings (SSSR count). The van der Waals surface area contributed by atoms with Crippen LogP contribution in [0.2, 0.25) is 0 Å². The molecule has 0 bridgehead atoms. The first-order chi connectivity index (χ1) is 12.0. The van der Waals surface area contributed by atoms with Crippen molar-refractivity contribution < 1.29 is 14.4 Å². The van der Waals surface area contributed by atoms with Gasteiger partial charge in [-0.2, -0.15) is 0 Å². The van der Waals surface area contributed by atoms with Crippen molar-refractivity contribution in [1.29, 1.82) is 0 Å². The lowest BCUT2D eigenvalue weighted by Gasteiger charge is -2.37. The van der Waals surface area contributed by atoms with Crippen LogP contribution in [0.15, 0.2) is 24.3 Å². The van der Waals surface area contributed by atoms with E-state index in [9.17, 15) is 14.4 Å². The van der Waals surface area contributed by atoms with Crippen molar-refractivity contribution in [1.82, 2.24) is 4.90 Å². The minimum atomic E-state index is -0.733. The number of imide groups is 1. The van der Waals surface area contributed by atoms with Gasteiger partial charge in [-0.15, -0.1) is 11.6 Å². The van der Waals surface area contributed by atoms with Crippen LogP contribution in [0.25, 0.3) is 0 Å². The molecule has 0 unspecified atom stereocenters. The number of nitrogens with zero attached hydrogens (tertiary/aromatic N) is 2. The number of hydrogen-bond donors (Lipinski definition) is 0. The van der Waals surface area contributed by atoms with Crippen LogP contribution >= 0.6 is 11.6 Å². The number of anilines is 1. The van der Waals surface area contributed by atoms with Crippen LogP contribution < -0.4 is 4.90 Å². The number of carbonyl (C=O) groups excluding carboxylic acids is 3. The smallest absolute Gasteiger partial charge is 0.257 e. The number of aryl methyl sites for hydroxylation is 1. The van der Waals surface area contributed by atoms with Gasteiger partial charge in [0.2, 0.25) is 11.8 Å². The molecule has 2 fully saturated rings. The van der Waals surface area contributed by atoms with E-state index in [0.29, 0.717) is 5.69 Å². The number of alkyl halides is 1. The lowest BCUT2D eigenvalue weighted by molar-refractivity contribution is -0.139. The highest BCUT2D eigenvalue weighted by molar-refractivity contribution is 6.28. The highest BCUT2D eigenvalue weighted by Gasteiger charge is 2.46. The maximum Gasteiger partial charge on any atom is 0.257 e. The summed E-state index contributed by atoms with van der Waals surface area (Å²) in [5, 5.41) is 0. The molecule has 1 aromatic rings. The number of benzene rings is 1. The average Bonchev–Trinajstić information content (AvgIpc) is 2.91. The van der Waals surface area contributed by atoms with Crippen LogP contribution in [0.5, 0.6) is 0 Å². The molecular formula is C19H23ClN2O3. The summed E-state index contributed by atoms with van der Waals surface area (Å²) in [6, 6.07) is 6.53. The Morgan fingerprint density at radius 2 is 1.80 bits per heavy atom. The molecule has 0 N–H and O–H groups in total. The molecule has 1 atom stereocenters. The van der Waals surface area contributed by atoms with Gasteiger partial charge in [-0.05, 0) is 31.9 Å². The molecule has 0 spiro atoms. The second kappa shape index (κ2) is 7.56. The van der Waals surface area contributed by atoms with Gasteiger partial charge in [0, 0.05) is 6.04 Å². The Bertz CT molecular complexity index is 668. The minimum absolute atomic E-state index is 0.000261. The van der Waals surface area contributed by atoms with Gasteiger partial charge in [-0.25, -0.2) is 4.90 Å². The monoisotopic (exact) mass is 362 g/mol. The van der Waals surface area contributed by atoms with Gasteiger partial charge in [-0.1, -0.05) is 37.0 Å². The fourth-order valence-corrected chi connectivity index (χ4v) is 4.00. The fraction of sp³-hybridized carbons (Fsp3) is 0.526. The van der Waals surface area contributed by atoms with E-state index >= 15 is 0 Å². The maximum absolute atomic E-state index is 13.0. The molecule has 134 valence electrons. The van der Waals surface area contributed by atoms with Crippen molar-refractivity contribution in [3.8, 4) is 0 Å². The topological polar surface area (TPSA) is 57.7 Å². The summed E-state index contributed by atoms with van der Waals surface area (Å²) in [4.78, 5) is 40.7. The Morgan fingerprint density at radius 3 is 2.40 bits per heavy atom. The van der Waals surface area contributed by atoms with Crippen molar-refractivity contribution in [2.24, 2.45) is 0 Å². The quantitative estimate of drug-likeness (QED) is 0.611. The first-order valence-corrected chi connectivity index (χ1v) is 9.37. The third kappa shape index (κ3) is 3.56. The van der Waals surface area contributed by atoms with Gasteiger partial charge in [0.05, 0.1) is 12.1 Å². The van der Waals surface area contributed by atoms with E-state index in [1.165, 1.54) is 4.90 Å². The highest BCUT2D eigenvalue weighted by atomic mass is 35.5. The van der Waals surface area contributed by atoms with Gasteiger partial charge >= 0.3 is 0 Å². The molecule has 1 aliphatic heterocycles. The summed E-state index contributed by atoms with van der Waals surface area (Å²) < 4.78 is 0. The zero-order chi connectivity index (χ0) is 18.0. The Hall–Kier alpha value is -1.88. The molecule has 1 saturated heterocycles. The number of halogens is 1. The summed E-state index contributed by atoms with van der Waals surface area (Å²) in [5.74, 6) is -1.01. The summed E-state index contributed by atoms with van der Waals surface area (Å²) in [7, 11) is 0. The van der Waals surface area contributed by atoms with E-state index in [-0.39, 0.29) is 36.1 Å². The van der Waals surface area contributed by atoms with Crippen molar-refractivity contribution in [3.63, 3.8) is 0 Å². The molecule has 25 heavy (non-hydrogen) atoms. The second-order valence-corrected chi connectivity index (χ2v) is 7.12. The first kappa shape index (κ1) is 17.9. The van der Waals surface area contributed by atoms with Gasteiger partial charge < -0.3 is 4.90 Å². The molecule has 1 saturated carbocycles. The van der Waals surface area contributed by atoms with Gasteiger partial charge in [0.25, 0.3) is 5.91 Å². The Morgan fingerprint density at radius 1 is 1.16 bits per heavy atom. The predicted octanol–water partition coefficient (Wildman–Crippen LogP) is 3.03. The number of carbonyl (C=O) groups is 3. The summed E-state index contributed by atoms with van der Waals surface area (Å²) in [6.07, 6.45) is 4.98. The maximum atomic E-state index is 13.0. The summed E-state index contributed by atoms with van der Waals surface area (Å²) >= 11 is 5.80. The van der Waals surface area contributed by atoms with Crippen molar-refractivity contribution in [3.05, 3.63) is 29.8 Å². The number of hydrogen-bond acceptors (Lipinski definition) is 3. The van der Waals surface area contributed by atoms with Crippen molar-refractivity contribution in [2.45, 2.75) is 57.5 Å². The highest BCUT2D eigenvalue weighted by Crippen LogP contribution is 2.31. The van der Waals surface area contributed by atoms with Crippen LogP contribution in [-0.2, 0) is 14.4 Å². The van der Waals surface area contributed by atoms with Crippen LogP contribution in [0, 0.1) is 6.92 Å². The Kier molecular flexibility index (Phi) is 5.42. The molecule has 2 aliphatic rings. The largest absolute Gasteiger partial charge is 0.326 e. The molecule has 0 aromatic heterocycles. The van der Waals surface area contributed by atoms with E-state index in [2.05, 4.69) is 0 Å². The first-order valence-electron chi connectivity index (χ1n) is 8.83. The van der Waals surface area contributed by atoms with Crippen LogP contribution in [0.4, 0.5) is 5.69 Å². The Labute approximate surface area is 152 Å². The van der Waals surface area contributed by atoms with Crippen molar-refractivity contribution in [2.75, 3.05) is 10.8 Å². The lowest BCUT2D eigenvalue weighted by Crippen LogP contribution is -2.51. The van der Waals surface area contributed by atoms with Gasteiger partial charge in [-0.3, -0.25) is 14.4 Å². The van der Waals surface area contributed by atoms with E-state index in [1.54, 1.807) is 17.0 Å². The van der Waals surface area contributed by atoms with Gasteiger partial charge in [0.1, 0.15) is 11.9 Å². The molecule has 6 heteroatoms. The van der Waals surface area contributed by atoms with Crippen molar-refractivity contribution >= 4 is 35.0 Å². The molecule has 3 amide bonds. The molecule has 1 aliphatic carbocycles.